The van der Waals surface area contributed by atoms with Gasteiger partial charge in [0, 0.05) is 12.1 Å². The van der Waals surface area contributed by atoms with Crippen LogP contribution in [-0.4, -0.2) is 29.8 Å². The highest BCUT2D eigenvalue weighted by Crippen LogP contribution is 2.36. The van der Waals surface area contributed by atoms with E-state index in [1.807, 2.05) is 12.1 Å². The van der Waals surface area contributed by atoms with Gasteiger partial charge in [0.15, 0.2) is 0 Å². The molecule has 5 nitrogen and oxygen atoms in total. The van der Waals surface area contributed by atoms with Crippen LogP contribution in [0.3, 0.4) is 0 Å². The van der Waals surface area contributed by atoms with Crippen molar-refractivity contribution in [2.75, 3.05) is 13.1 Å². The van der Waals surface area contributed by atoms with Crippen molar-refractivity contribution >= 4 is 11.8 Å². The smallest absolute Gasteiger partial charge is 0.244 e. The fourth-order valence-corrected chi connectivity index (χ4v) is 4.80. The third-order valence-electron chi connectivity index (χ3n) is 6.59. The fourth-order valence-electron chi connectivity index (χ4n) is 4.80. The summed E-state index contributed by atoms with van der Waals surface area (Å²) >= 11 is 0. The molecule has 0 bridgehead atoms. The van der Waals surface area contributed by atoms with Gasteiger partial charge in [0.05, 0.1) is 5.41 Å². The highest BCUT2D eigenvalue weighted by Gasteiger charge is 2.37. The van der Waals surface area contributed by atoms with Gasteiger partial charge >= 0.3 is 0 Å². The quantitative estimate of drug-likeness (QED) is 0.703. The Morgan fingerprint density at radius 3 is 2.22 bits per heavy atom. The Kier molecular flexibility index (Phi) is 6.56. The van der Waals surface area contributed by atoms with E-state index in [0.29, 0.717) is 12.0 Å². The molecule has 1 aliphatic heterocycles. The summed E-state index contributed by atoms with van der Waals surface area (Å²) in [6.45, 7) is 3.32. The molecule has 5 heteroatoms. The maximum atomic E-state index is 12.4. The standard InChI is InChI=1S/C27H31N3O2/c28-25(31)24-11-6-12-27(18-24,26(29)32)17-20-7-4-9-22(15-20)23-10-5-8-21(16-23)19-30-13-2-1-3-14-30/h4-12,15-16H,1-3,13-14,17-19H2,(H2,28,31)(H2,29,32). The van der Waals surface area contributed by atoms with E-state index < -0.39 is 17.2 Å². The molecule has 1 aliphatic carbocycles. The largest absolute Gasteiger partial charge is 0.369 e. The predicted molar refractivity (Wildman–Crippen MR) is 127 cm³/mol. The van der Waals surface area contributed by atoms with Gasteiger partial charge in [-0.2, -0.15) is 0 Å². The van der Waals surface area contributed by atoms with E-state index in [4.69, 9.17) is 11.5 Å². The fraction of sp³-hybridized carbons (Fsp3) is 0.333. The molecule has 4 N–H and O–H groups in total. The van der Waals surface area contributed by atoms with E-state index in [0.717, 1.165) is 23.2 Å². The van der Waals surface area contributed by atoms with E-state index in [2.05, 4.69) is 41.3 Å². The van der Waals surface area contributed by atoms with E-state index >= 15 is 0 Å². The van der Waals surface area contributed by atoms with Crippen LogP contribution in [0.1, 0.15) is 36.8 Å². The van der Waals surface area contributed by atoms with Gasteiger partial charge < -0.3 is 11.5 Å². The van der Waals surface area contributed by atoms with Gasteiger partial charge in [0.1, 0.15) is 0 Å². The highest BCUT2D eigenvalue weighted by atomic mass is 16.1. The van der Waals surface area contributed by atoms with Crippen molar-refractivity contribution in [1.29, 1.82) is 0 Å². The number of hydrogen-bond donors (Lipinski definition) is 2. The maximum absolute atomic E-state index is 12.4. The molecule has 166 valence electrons. The maximum Gasteiger partial charge on any atom is 0.244 e. The number of nitrogens with two attached hydrogens (primary N) is 2. The Morgan fingerprint density at radius 2 is 1.56 bits per heavy atom. The summed E-state index contributed by atoms with van der Waals surface area (Å²) in [7, 11) is 0. The molecule has 1 fully saturated rings. The second kappa shape index (κ2) is 9.53. The molecule has 2 aromatic carbocycles. The van der Waals surface area contributed by atoms with Gasteiger partial charge in [-0.05, 0) is 67.1 Å². The van der Waals surface area contributed by atoms with E-state index in [-0.39, 0.29) is 6.42 Å². The number of likely N-dealkylation sites (tertiary alicyclic amines) is 1. The number of benzene rings is 2. The summed E-state index contributed by atoms with van der Waals surface area (Å²) in [5.74, 6) is -0.964. The Morgan fingerprint density at radius 1 is 0.906 bits per heavy atom. The SMILES string of the molecule is NC(=O)C1=CC=CC(Cc2cccc(-c3cccc(CN4CCCCC4)c3)c2)(C(N)=O)C1. The molecule has 1 heterocycles. The molecule has 0 aromatic heterocycles. The molecule has 0 radical (unpaired) electrons. The van der Waals surface area contributed by atoms with E-state index in [9.17, 15) is 9.59 Å². The lowest BCUT2D eigenvalue weighted by Crippen LogP contribution is -2.40. The number of primary amides is 2. The first-order valence-electron chi connectivity index (χ1n) is 11.3. The van der Waals surface area contributed by atoms with Crippen molar-refractivity contribution in [3.05, 3.63) is 83.5 Å². The lowest BCUT2D eigenvalue weighted by atomic mass is 9.73. The second-order valence-electron chi connectivity index (χ2n) is 9.03. The van der Waals surface area contributed by atoms with Crippen LogP contribution in [0.5, 0.6) is 0 Å². The Hall–Kier alpha value is -3.18. The molecule has 1 unspecified atom stereocenters. The summed E-state index contributed by atoms with van der Waals surface area (Å²) in [4.78, 5) is 26.6. The number of allylic oxidation sites excluding steroid dienone is 2. The molecule has 1 saturated heterocycles. The third-order valence-corrected chi connectivity index (χ3v) is 6.59. The first kappa shape index (κ1) is 22.0. The molecule has 2 aromatic rings. The summed E-state index contributed by atoms with van der Waals surface area (Å²) in [5.41, 5.74) is 15.3. The van der Waals surface area contributed by atoms with Crippen molar-refractivity contribution in [3.63, 3.8) is 0 Å². The van der Waals surface area contributed by atoms with Crippen LogP contribution in [-0.2, 0) is 22.6 Å². The van der Waals surface area contributed by atoms with E-state index in [1.165, 1.54) is 37.9 Å². The number of carbonyl (C=O) groups excluding carboxylic acids is 2. The van der Waals surface area contributed by atoms with Crippen molar-refractivity contribution in [2.24, 2.45) is 16.9 Å². The molecule has 0 spiro atoms. The zero-order valence-corrected chi connectivity index (χ0v) is 18.4. The van der Waals surface area contributed by atoms with Crippen LogP contribution in [0.2, 0.25) is 0 Å². The van der Waals surface area contributed by atoms with Crippen LogP contribution in [0.4, 0.5) is 0 Å². The minimum Gasteiger partial charge on any atom is -0.369 e. The van der Waals surface area contributed by atoms with Crippen molar-refractivity contribution in [3.8, 4) is 11.1 Å². The van der Waals surface area contributed by atoms with Gasteiger partial charge in [0.2, 0.25) is 11.8 Å². The lowest BCUT2D eigenvalue weighted by molar-refractivity contribution is -0.125. The normalized spacial score (nSPS) is 21.2. The van der Waals surface area contributed by atoms with Crippen molar-refractivity contribution in [2.45, 2.75) is 38.6 Å². The number of carbonyl (C=O) groups is 2. The van der Waals surface area contributed by atoms with Gasteiger partial charge in [-0.15, -0.1) is 0 Å². The zero-order valence-electron chi connectivity index (χ0n) is 18.4. The molecule has 2 amide bonds. The van der Waals surface area contributed by atoms with Crippen LogP contribution >= 0.6 is 0 Å². The molecule has 2 aliphatic rings. The summed E-state index contributed by atoms with van der Waals surface area (Å²) < 4.78 is 0. The number of hydrogen-bond acceptors (Lipinski definition) is 3. The monoisotopic (exact) mass is 429 g/mol. The first-order valence-corrected chi connectivity index (χ1v) is 11.3. The van der Waals surface area contributed by atoms with Gasteiger partial charge in [-0.25, -0.2) is 0 Å². The number of nitrogens with zero attached hydrogens (tertiary/aromatic N) is 1. The van der Waals surface area contributed by atoms with Crippen LogP contribution < -0.4 is 11.5 Å². The molecule has 4 rings (SSSR count). The summed E-state index contributed by atoms with van der Waals surface area (Å²) in [6.07, 6.45) is 9.72. The average Bonchev–Trinajstić information content (AvgIpc) is 2.80. The van der Waals surface area contributed by atoms with Gasteiger partial charge in [-0.3, -0.25) is 14.5 Å². The molecule has 1 atom stereocenters. The highest BCUT2D eigenvalue weighted by molar-refractivity contribution is 5.95. The van der Waals surface area contributed by atoms with Gasteiger partial charge in [0.25, 0.3) is 0 Å². The average molecular weight is 430 g/mol. The Balaban J connectivity index is 1.55. The number of piperidine rings is 1. The molecular weight excluding hydrogens is 398 g/mol. The summed E-state index contributed by atoms with van der Waals surface area (Å²) in [5, 5.41) is 0. The minimum absolute atomic E-state index is 0.226. The lowest BCUT2D eigenvalue weighted by Gasteiger charge is -2.30. The topological polar surface area (TPSA) is 89.4 Å². The van der Waals surface area contributed by atoms with Crippen LogP contribution in [0, 0.1) is 5.41 Å². The molecule has 32 heavy (non-hydrogen) atoms. The molecule has 0 saturated carbocycles. The molecular formula is C27H31N3O2. The van der Waals surface area contributed by atoms with E-state index in [1.54, 1.807) is 18.2 Å². The second-order valence-corrected chi connectivity index (χ2v) is 9.03. The number of amides is 2. The van der Waals surface area contributed by atoms with Crippen molar-refractivity contribution in [1.82, 2.24) is 4.90 Å². The van der Waals surface area contributed by atoms with Crippen LogP contribution in [0.25, 0.3) is 11.1 Å². The number of rotatable bonds is 7. The Bertz CT molecular complexity index is 1070. The van der Waals surface area contributed by atoms with Crippen LogP contribution in [0.15, 0.2) is 72.3 Å². The van der Waals surface area contributed by atoms with Crippen molar-refractivity contribution < 1.29 is 9.59 Å². The third kappa shape index (κ3) is 5.00. The summed E-state index contributed by atoms with van der Waals surface area (Å²) in [6, 6.07) is 16.9. The van der Waals surface area contributed by atoms with Gasteiger partial charge in [-0.1, -0.05) is 67.1 Å². The zero-order chi connectivity index (χ0) is 22.6. The first-order chi connectivity index (χ1) is 15.4. The minimum atomic E-state index is -0.951. The Labute approximate surface area is 189 Å². The predicted octanol–water partition coefficient (Wildman–Crippen LogP) is 3.73.